The van der Waals surface area contributed by atoms with Crippen LogP contribution in [0.2, 0.25) is 0 Å². The molecule has 0 saturated carbocycles. The van der Waals surface area contributed by atoms with Crippen molar-refractivity contribution in [1.29, 1.82) is 0 Å². The van der Waals surface area contributed by atoms with Gasteiger partial charge in [-0.1, -0.05) is 6.92 Å². The van der Waals surface area contributed by atoms with Crippen LogP contribution in [0.3, 0.4) is 0 Å². The number of hydrazone groups is 1. The molecule has 1 rings (SSSR count). The molecule has 1 heterocycles. The van der Waals surface area contributed by atoms with Crippen molar-refractivity contribution in [2.45, 2.75) is 32.0 Å². The molecule has 0 unspecified atom stereocenters. The number of nitrogens with one attached hydrogen (secondary N) is 1. The van der Waals surface area contributed by atoms with Gasteiger partial charge in [0.15, 0.2) is 0 Å². The maximum atomic E-state index is 12.9. The lowest BCUT2D eigenvalue weighted by atomic mass is 10.3. The fourth-order valence-corrected chi connectivity index (χ4v) is 1.18. The first-order valence-electron chi connectivity index (χ1n) is 4.32. The second-order valence-corrected chi connectivity index (χ2v) is 3.06. The van der Waals surface area contributed by atoms with Crippen molar-refractivity contribution in [2.24, 2.45) is 5.10 Å². The van der Waals surface area contributed by atoms with Gasteiger partial charge in [-0.25, -0.2) is 0 Å². The molecule has 8 heteroatoms. The number of nitrogens with zero attached hydrogens (tertiary/aromatic N) is 2. The lowest BCUT2D eigenvalue weighted by Gasteiger charge is -2.30. The third-order valence-electron chi connectivity index (χ3n) is 1.90. The zero-order chi connectivity index (χ0) is 11.7. The normalized spacial score (nSPS) is 17.7. The van der Waals surface area contributed by atoms with Crippen LogP contribution < -0.4 is 5.43 Å². The zero-order valence-corrected chi connectivity index (χ0v) is 7.91. The highest BCUT2D eigenvalue weighted by Gasteiger charge is 2.63. The summed E-state index contributed by atoms with van der Waals surface area (Å²) in [4.78, 5) is -0.0590. The minimum absolute atomic E-state index is 0.0590. The average molecular weight is 231 g/mol. The Hall–Kier alpha value is -1.08. The monoisotopic (exact) mass is 231 g/mol. The van der Waals surface area contributed by atoms with Crippen molar-refractivity contribution >= 4 is 5.84 Å². The molecule has 0 aromatic heterocycles. The summed E-state index contributed by atoms with van der Waals surface area (Å²) in [6.07, 6.45) is -5.06. The third-order valence-corrected chi connectivity index (χ3v) is 1.90. The number of rotatable bonds is 3. The standard InChI is InChI=1S/C7H10F5N3/c1-2-3-5-14-13-4-15(5)7(11,12)6(8,9)10/h13H,2-4H2,1H3. The Balaban J connectivity index is 2.84. The van der Waals surface area contributed by atoms with Gasteiger partial charge in [0, 0.05) is 6.42 Å². The van der Waals surface area contributed by atoms with Gasteiger partial charge in [0.25, 0.3) is 0 Å². The topological polar surface area (TPSA) is 27.6 Å². The maximum Gasteiger partial charge on any atom is 0.475 e. The van der Waals surface area contributed by atoms with Gasteiger partial charge in [0.1, 0.15) is 12.5 Å². The van der Waals surface area contributed by atoms with Crippen LogP contribution in [-0.4, -0.2) is 29.6 Å². The van der Waals surface area contributed by atoms with Gasteiger partial charge >= 0.3 is 12.2 Å². The van der Waals surface area contributed by atoms with Crippen LogP contribution in [0.25, 0.3) is 0 Å². The van der Waals surface area contributed by atoms with Crippen LogP contribution in [0.4, 0.5) is 22.0 Å². The molecule has 3 nitrogen and oxygen atoms in total. The van der Waals surface area contributed by atoms with Crippen molar-refractivity contribution in [1.82, 2.24) is 10.3 Å². The zero-order valence-electron chi connectivity index (χ0n) is 7.91. The molecule has 0 aromatic carbocycles. The van der Waals surface area contributed by atoms with Gasteiger partial charge in [-0.15, -0.1) is 0 Å². The molecule has 1 aliphatic rings. The van der Waals surface area contributed by atoms with E-state index < -0.39 is 18.9 Å². The highest BCUT2D eigenvalue weighted by atomic mass is 19.4. The van der Waals surface area contributed by atoms with Crippen LogP contribution in [-0.2, 0) is 0 Å². The Morgan fingerprint density at radius 1 is 1.33 bits per heavy atom. The Morgan fingerprint density at radius 2 is 1.93 bits per heavy atom. The summed E-state index contributed by atoms with van der Waals surface area (Å²) >= 11 is 0. The summed E-state index contributed by atoms with van der Waals surface area (Å²) in [5, 5.41) is 3.40. The van der Waals surface area contributed by atoms with E-state index in [1.165, 1.54) is 0 Å². The van der Waals surface area contributed by atoms with Gasteiger partial charge in [-0.2, -0.15) is 27.1 Å². The highest BCUT2D eigenvalue weighted by molar-refractivity contribution is 5.83. The quantitative estimate of drug-likeness (QED) is 0.595. The van der Waals surface area contributed by atoms with E-state index in [0.29, 0.717) is 6.42 Å². The molecule has 1 aliphatic heterocycles. The molecule has 0 aliphatic carbocycles. The number of hydrogen-bond acceptors (Lipinski definition) is 3. The van der Waals surface area contributed by atoms with Crippen molar-refractivity contribution in [3.63, 3.8) is 0 Å². The summed E-state index contributed by atoms with van der Waals surface area (Å²) in [6.45, 7) is 1.05. The molecule has 0 fully saturated rings. The van der Waals surface area contributed by atoms with E-state index >= 15 is 0 Å². The smallest absolute Gasteiger partial charge is 0.289 e. The molecule has 0 bridgehead atoms. The predicted octanol–water partition coefficient (Wildman–Crippen LogP) is 2.12. The largest absolute Gasteiger partial charge is 0.475 e. The number of halogens is 5. The minimum Gasteiger partial charge on any atom is -0.289 e. The van der Waals surface area contributed by atoms with E-state index in [1.54, 1.807) is 6.92 Å². The fourth-order valence-electron chi connectivity index (χ4n) is 1.18. The summed E-state index contributed by atoms with van der Waals surface area (Å²) in [7, 11) is 0. The van der Waals surface area contributed by atoms with Crippen LogP contribution in [0.1, 0.15) is 19.8 Å². The van der Waals surface area contributed by atoms with Crippen LogP contribution in [0.5, 0.6) is 0 Å². The molecule has 88 valence electrons. The fraction of sp³-hybridized carbons (Fsp3) is 0.857. The first kappa shape index (κ1) is 12.0. The summed E-state index contributed by atoms with van der Waals surface area (Å²) < 4.78 is 61.9. The molecule has 0 saturated heterocycles. The lowest BCUT2D eigenvalue weighted by molar-refractivity contribution is -0.325. The highest BCUT2D eigenvalue weighted by Crippen LogP contribution is 2.39. The minimum atomic E-state index is -5.59. The van der Waals surface area contributed by atoms with Crippen LogP contribution >= 0.6 is 0 Å². The molecule has 0 aromatic rings. The van der Waals surface area contributed by atoms with Crippen molar-refractivity contribution in [3.8, 4) is 0 Å². The van der Waals surface area contributed by atoms with Gasteiger partial charge in [0.2, 0.25) is 0 Å². The van der Waals surface area contributed by atoms with E-state index in [-0.39, 0.29) is 17.2 Å². The van der Waals surface area contributed by atoms with E-state index in [0.717, 1.165) is 0 Å². The summed E-state index contributed by atoms with van der Waals surface area (Å²) in [5.74, 6) is -0.264. The SMILES string of the molecule is CCCC1=NNCN1C(F)(F)C(F)(F)F. The number of hydrogen-bond donors (Lipinski definition) is 1. The Labute approximate surface area is 82.9 Å². The molecule has 0 amide bonds. The second-order valence-electron chi connectivity index (χ2n) is 3.06. The van der Waals surface area contributed by atoms with E-state index in [2.05, 4.69) is 10.5 Å². The van der Waals surface area contributed by atoms with E-state index in [1.807, 2.05) is 0 Å². The molecular weight excluding hydrogens is 221 g/mol. The molecule has 15 heavy (non-hydrogen) atoms. The maximum absolute atomic E-state index is 12.9. The van der Waals surface area contributed by atoms with Gasteiger partial charge < -0.3 is 0 Å². The third kappa shape index (κ3) is 2.13. The van der Waals surface area contributed by atoms with E-state index in [4.69, 9.17) is 0 Å². The molecule has 0 spiro atoms. The number of amidine groups is 1. The van der Waals surface area contributed by atoms with Crippen molar-refractivity contribution in [3.05, 3.63) is 0 Å². The summed E-state index contributed by atoms with van der Waals surface area (Å²) in [6, 6.07) is -4.87. The van der Waals surface area contributed by atoms with Crippen molar-refractivity contribution in [2.75, 3.05) is 6.67 Å². The van der Waals surface area contributed by atoms with Crippen molar-refractivity contribution < 1.29 is 22.0 Å². The second kappa shape index (κ2) is 3.82. The first-order chi connectivity index (χ1) is 6.80. The Bertz CT molecular complexity index is 260. The Morgan fingerprint density at radius 3 is 2.40 bits per heavy atom. The van der Waals surface area contributed by atoms with Gasteiger partial charge in [-0.05, 0) is 6.42 Å². The summed E-state index contributed by atoms with van der Waals surface area (Å²) in [5.41, 5.74) is 2.12. The molecule has 0 radical (unpaired) electrons. The van der Waals surface area contributed by atoms with Gasteiger partial charge in [0.05, 0.1) is 0 Å². The molecule has 1 N–H and O–H groups in total. The first-order valence-corrected chi connectivity index (χ1v) is 4.32. The average Bonchev–Trinajstić information content (AvgIpc) is 2.51. The van der Waals surface area contributed by atoms with Crippen LogP contribution in [0, 0.1) is 0 Å². The Kier molecular flexibility index (Phi) is 3.05. The predicted molar refractivity (Wildman–Crippen MR) is 43.2 cm³/mol. The molecule has 0 atom stereocenters. The van der Waals surface area contributed by atoms with Gasteiger partial charge in [-0.3, -0.25) is 10.3 Å². The lowest BCUT2D eigenvalue weighted by Crippen LogP contribution is -2.54. The number of alkyl halides is 5. The molecular formula is C7H10F5N3. The van der Waals surface area contributed by atoms with Crippen LogP contribution in [0.15, 0.2) is 5.10 Å². The van der Waals surface area contributed by atoms with E-state index in [9.17, 15) is 22.0 Å².